The molecule has 7 aromatic carbocycles. The SMILES string of the molecule is c1ccc(Nc2ccc(N(c3ccccc3)c3ccccc3)cc2-c2cccc(N(c3ccccc3)c3ccccc3)c2)cc1. The molecular formula is C42H33N3. The molecule has 0 radical (unpaired) electrons. The van der Waals surface area contributed by atoms with Crippen LogP contribution in [0.5, 0.6) is 0 Å². The summed E-state index contributed by atoms with van der Waals surface area (Å²) in [4.78, 5) is 4.61. The minimum absolute atomic E-state index is 1.04. The molecule has 7 rings (SSSR count). The average molecular weight is 580 g/mol. The summed E-state index contributed by atoms with van der Waals surface area (Å²) >= 11 is 0. The lowest BCUT2D eigenvalue weighted by molar-refractivity contribution is 1.28. The van der Waals surface area contributed by atoms with E-state index in [0.29, 0.717) is 0 Å². The number of para-hydroxylation sites is 5. The van der Waals surface area contributed by atoms with Crippen LogP contribution in [0, 0.1) is 0 Å². The number of nitrogens with zero attached hydrogens (tertiary/aromatic N) is 2. The first-order chi connectivity index (χ1) is 22.3. The molecule has 0 spiro atoms. The number of benzene rings is 7. The predicted molar refractivity (Wildman–Crippen MR) is 191 cm³/mol. The molecule has 216 valence electrons. The van der Waals surface area contributed by atoms with Gasteiger partial charge in [-0.3, -0.25) is 0 Å². The second kappa shape index (κ2) is 13.1. The minimum atomic E-state index is 1.04. The molecule has 1 N–H and O–H groups in total. The summed E-state index contributed by atoms with van der Waals surface area (Å²) in [5.74, 6) is 0. The van der Waals surface area contributed by atoms with Crippen LogP contribution >= 0.6 is 0 Å². The van der Waals surface area contributed by atoms with E-state index in [1.165, 1.54) is 0 Å². The highest BCUT2D eigenvalue weighted by molar-refractivity contribution is 5.89. The van der Waals surface area contributed by atoms with E-state index in [1.54, 1.807) is 0 Å². The number of nitrogens with one attached hydrogen (secondary N) is 1. The molecule has 0 fully saturated rings. The molecule has 0 aromatic heterocycles. The molecule has 0 amide bonds. The van der Waals surface area contributed by atoms with Crippen molar-refractivity contribution >= 4 is 45.5 Å². The molecule has 0 aliphatic rings. The molecule has 0 unspecified atom stereocenters. The maximum Gasteiger partial charge on any atom is 0.0469 e. The van der Waals surface area contributed by atoms with Crippen LogP contribution in [-0.2, 0) is 0 Å². The lowest BCUT2D eigenvalue weighted by Crippen LogP contribution is -2.10. The normalized spacial score (nSPS) is 10.7. The summed E-state index contributed by atoms with van der Waals surface area (Å²) in [6.45, 7) is 0. The molecule has 0 atom stereocenters. The lowest BCUT2D eigenvalue weighted by atomic mass is 10.00. The van der Waals surface area contributed by atoms with E-state index < -0.39 is 0 Å². The number of rotatable bonds is 9. The van der Waals surface area contributed by atoms with Crippen LogP contribution in [0.4, 0.5) is 45.5 Å². The van der Waals surface area contributed by atoms with Gasteiger partial charge in [-0.05, 0) is 96.6 Å². The predicted octanol–water partition coefficient (Wildman–Crippen LogP) is 12.0. The van der Waals surface area contributed by atoms with Gasteiger partial charge in [0.1, 0.15) is 0 Å². The third-order valence-corrected chi connectivity index (χ3v) is 7.79. The Morgan fingerprint density at radius 3 is 1.18 bits per heavy atom. The molecular weight excluding hydrogens is 546 g/mol. The molecule has 0 saturated carbocycles. The Hall–Kier alpha value is -6.06. The topological polar surface area (TPSA) is 18.5 Å². The van der Waals surface area contributed by atoms with Crippen molar-refractivity contribution < 1.29 is 0 Å². The lowest BCUT2D eigenvalue weighted by Gasteiger charge is -2.27. The fraction of sp³-hybridized carbons (Fsp3) is 0. The van der Waals surface area contributed by atoms with Crippen molar-refractivity contribution in [1.29, 1.82) is 0 Å². The smallest absolute Gasteiger partial charge is 0.0469 e. The van der Waals surface area contributed by atoms with Crippen molar-refractivity contribution in [2.45, 2.75) is 0 Å². The van der Waals surface area contributed by atoms with Crippen LogP contribution < -0.4 is 15.1 Å². The van der Waals surface area contributed by atoms with Gasteiger partial charge in [-0.15, -0.1) is 0 Å². The van der Waals surface area contributed by atoms with Crippen molar-refractivity contribution in [3.63, 3.8) is 0 Å². The van der Waals surface area contributed by atoms with Crippen LogP contribution in [0.25, 0.3) is 11.1 Å². The second-order valence-corrected chi connectivity index (χ2v) is 10.8. The van der Waals surface area contributed by atoms with Gasteiger partial charge >= 0.3 is 0 Å². The first-order valence-corrected chi connectivity index (χ1v) is 15.2. The molecule has 3 nitrogen and oxygen atoms in total. The van der Waals surface area contributed by atoms with Gasteiger partial charge in [-0.25, -0.2) is 0 Å². The molecule has 3 heteroatoms. The minimum Gasteiger partial charge on any atom is -0.355 e. The third kappa shape index (κ3) is 6.20. The van der Waals surface area contributed by atoms with Gasteiger partial charge in [-0.2, -0.15) is 0 Å². The van der Waals surface area contributed by atoms with Gasteiger partial charge in [0.05, 0.1) is 0 Å². The Morgan fingerprint density at radius 1 is 0.311 bits per heavy atom. The monoisotopic (exact) mass is 579 g/mol. The Labute approximate surface area is 265 Å². The van der Waals surface area contributed by atoms with Gasteiger partial charge in [0, 0.05) is 51.1 Å². The summed E-state index contributed by atoms with van der Waals surface area (Å²) in [7, 11) is 0. The van der Waals surface area contributed by atoms with E-state index in [0.717, 1.165) is 56.6 Å². The maximum absolute atomic E-state index is 3.70. The van der Waals surface area contributed by atoms with Crippen LogP contribution in [0.2, 0.25) is 0 Å². The highest BCUT2D eigenvalue weighted by Gasteiger charge is 2.17. The third-order valence-electron chi connectivity index (χ3n) is 7.79. The molecule has 7 aromatic rings. The van der Waals surface area contributed by atoms with E-state index in [4.69, 9.17) is 0 Å². The van der Waals surface area contributed by atoms with E-state index >= 15 is 0 Å². The molecule has 0 heterocycles. The summed E-state index contributed by atoms with van der Waals surface area (Å²) in [6, 6.07) is 68.0. The Bertz CT molecular complexity index is 1880. The van der Waals surface area contributed by atoms with Crippen LogP contribution in [0.3, 0.4) is 0 Å². The molecule has 0 saturated heterocycles. The van der Waals surface area contributed by atoms with Crippen LogP contribution in [0.1, 0.15) is 0 Å². The van der Waals surface area contributed by atoms with Crippen molar-refractivity contribution in [3.8, 4) is 11.1 Å². The highest BCUT2D eigenvalue weighted by Crippen LogP contribution is 2.42. The van der Waals surface area contributed by atoms with Gasteiger partial charge in [0.25, 0.3) is 0 Å². The van der Waals surface area contributed by atoms with E-state index in [9.17, 15) is 0 Å². The molecule has 0 bridgehead atoms. The van der Waals surface area contributed by atoms with Crippen molar-refractivity contribution in [1.82, 2.24) is 0 Å². The van der Waals surface area contributed by atoms with Gasteiger partial charge in [0.15, 0.2) is 0 Å². The standard InChI is InChI=1S/C42H33N3/c1-6-18-34(19-7-1)43-42-30-29-40(45(37-24-12-4-13-25-37)38-26-14-5-15-27-38)32-41(42)33-17-16-28-39(31-33)44(35-20-8-2-9-21-35)36-22-10-3-11-23-36/h1-32,43H. The zero-order valence-corrected chi connectivity index (χ0v) is 24.9. The van der Waals surface area contributed by atoms with E-state index in [2.05, 4.69) is 203 Å². The summed E-state index contributed by atoms with van der Waals surface area (Å²) in [5.41, 5.74) is 10.9. The Kier molecular flexibility index (Phi) is 8.06. The molecule has 0 aliphatic heterocycles. The first-order valence-electron chi connectivity index (χ1n) is 15.2. The largest absolute Gasteiger partial charge is 0.355 e. The Morgan fingerprint density at radius 2 is 0.711 bits per heavy atom. The number of hydrogen-bond acceptors (Lipinski definition) is 3. The van der Waals surface area contributed by atoms with E-state index in [-0.39, 0.29) is 0 Å². The fourth-order valence-electron chi connectivity index (χ4n) is 5.71. The zero-order chi connectivity index (χ0) is 30.3. The average Bonchev–Trinajstić information content (AvgIpc) is 3.12. The van der Waals surface area contributed by atoms with Gasteiger partial charge < -0.3 is 15.1 Å². The fourth-order valence-corrected chi connectivity index (χ4v) is 5.71. The molecule has 45 heavy (non-hydrogen) atoms. The van der Waals surface area contributed by atoms with Gasteiger partial charge in [-0.1, -0.05) is 103 Å². The van der Waals surface area contributed by atoms with Crippen LogP contribution in [-0.4, -0.2) is 0 Å². The zero-order valence-electron chi connectivity index (χ0n) is 24.9. The maximum atomic E-state index is 3.70. The number of hydrogen-bond donors (Lipinski definition) is 1. The van der Waals surface area contributed by atoms with Crippen molar-refractivity contribution in [3.05, 3.63) is 194 Å². The van der Waals surface area contributed by atoms with Crippen molar-refractivity contribution in [2.24, 2.45) is 0 Å². The van der Waals surface area contributed by atoms with Crippen molar-refractivity contribution in [2.75, 3.05) is 15.1 Å². The highest BCUT2D eigenvalue weighted by atomic mass is 15.1. The van der Waals surface area contributed by atoms with E-state index in [1.807, 2.05) is 6.07 Å². The number of anilines is 8. The molecule has 0 aliphatic carbocycles. The summed E-state index contributed by atoms with van der Waals surface area (Å²) < 4.78 is 0. The quantitative estimate of drug-likeness (QED) is 0.183. The first kappa shape index (κ1) is 27.8. The Balaban J connectivity index is 1.39. The summed E-state index contributed by atoms with van der Waals surface area (Å²) in [5, 5.41) is 3.70. The summed E-state index contributed by atoms with van der Waals surface area (Å²) in [6.07, 6.45) is 0. The van der Waals surface area contributed by atoms with Crippen LogP contribution in [0.15, 0.2) is 194 Å². The van der Waals surface area contributed by atoms with Gasteiger partial charge in [0.2, 0.25) is 0 Å². The second-order valence-electron chi connectivity index (χ2n) is 10.8.